The molecule has 1 aromatic carbocycles. The average Bonchev–Trinajstić information content (AvgIpc) is 2.85. The summed E-state index contributed by atoms with van der Waals surface area (Å²) in [5.41, 5.74) is 2.17. The van der Waals surface area contributed by atoms with Crippen LogP contribution in [0.25, 0.3) is 5.69 Å². The Hall–Kier alpha value is -2.10. The first-order valence-electron chi connectivity index (χ1n) is 5.63. The Morgan fingerprint density at radius 3 is 2.76 bits per heavy atom. The van der Waals surface area contributed by atoms with Crippen LogP contribution in [0.2, 0.25) is 0 Å². The predicted molar refractivity (Wildman–Crippen MR) is 65.8 cm³/mol. The first-order valence-corrected chi connectivity index (χ1v) is 5.63. The van der Waals surface area contributed by atoms with Gasteiger partial charge >= 0.3 is 0 Å². The highest BCUT2D eigenvalue weighted by atomic mass is 16.1. The van der Waals surface area contributed by atoms with Gasteiger partial charge < -0.3 is 9.88 Å². The molecular formula is C13H15N3O. The highest BCUT2D eigenvalue weighted by molar-refractivity contribution is 5.46. The fourth-order valence-corrected chi connectivity index (χ4v) is 1.76. The topological polar surface area (TPSA) is 46.9 Å². The number of imidazole rings is 1. The maximum atomic E-state index is 10.2. The molecule has 0 atom stereocenters. The lowest BCUT2D eigenvalue weighted by atomic mass is 10.2. The van der Waals surface area contributed by atoms with E-state index in [1.807, 2.05) is 30.5 Å². The van der Waals surface area contributed by atoms with Crippen molar-refractivity contribution in [3.8, 4) is 5.69 Å². The van der Waals surface area contributed by atoms with Crippen molar-refractivity contribution < 1.29 is 4.79 Å². The third kappa shape index (κ3) is 2.53. The molecule has 0 aliphatic carbocycles. The highest BCUT2D eigenvalue weighted by Crippen LogP contribution is 2.12. The number of carbonyl (C=O) groups is 1. The quantitative estimate of drug-likeness (QED) is 0.793. The van der Waals surface area contributed by atoms with Crippen molar-refractivity contribution >= 4 is 6.41 Å². The van der Waals surface area contributed by atoms with Crippen molar-refractivity contribution in [3.63, 3.8) is 0 Å². The van der Waals surface area contributed by atoms with Gasteiger partial charge in [-0.05, 0) is 17.7 Å². The molecule has 4 heteroatoms. The SMILES string of the molecule is CCc1nccn1-c1ccc(CNC=O)cc1. The lowest BCUT2D eigenvalue weighted by molar-refractivity contribution is -0.109. The molecule has 1 aromatic heterocycles. The molecule has 0 aliphatic heterocycles. The summed E-state index contributed by atoms with van der Waals surface area (Å²) in [5.74, 6) is 1.05. The van der Waals surface area contributed by atoms with E-state index >= 15 is 0 Å². The van der Waals surface area contributed by atoms with Crippen LogP contribution in [0, 0.1) is 0 Å². The molecule has 0 fully saturated rings. The summed E-state index contributed by atoms with van der Waals surface area (Å²) < 4.78 is 2.07. The average molecular weight is 229 g/mol. The number of aryl methyl sites for hydroxylation is 1. The zero-order valence-corrected chi connectivity index (χ0v) is 9.76. The molecule has 2 aromatic rings. The van der Waals surface area contributed by atoms with E-state index in [1.54, 1.807) is 6.20 Å². The van der Waals surface area contributed by atoms with E-state index in [-0.39, 0.29) is 0 Å². The number of rotatable bonds is 5. The van der Waals surface area contributed by atoms with Gasteiger partial charge in [0.1, 0.15) is 5.82 Å². The van der Waals surface area contributed by atoms with Crippen molar-refractivity contribution in [3.05, 3.63) is 48.0 Å². The largest absolute Gasteiger partial charge is 0.355 e. The van der Waals surface area contributed by atoms with E-state index in [1.165, 1.54) is 0 Å². The van der Waals surface area contributed by atoms with E-state index in [2.05, 4.69) is 21.8 Å². The van der Waals surface area contributed by atoms with Gasteiger partial charge in [0.05, 0.1) is 0 Å². The molecule has 1 N–H and O–H groups in total. The van der Waals surface area contributed by atoms with Gasteiger partial charge in [0.15, 0.2) is 0 Å². The number of carbonyl (C=O) groups excluding carboxylic acids is 1. The van der Waals surface area contributed by atoms with Crippen molar-refractivity contribution in [2.75, 3.05) is 0 Å². The molecule has 0 saturated heterocycles. The molecule has 0 saturated carbocycles. The molecule has 17 heavy (non-hydrogen) atoms. The van der Waals surface area contributed by atoms with Gasteiger partial charge in [-0.15, -0.1) is 0 Å². The first kappa shape index (κ1) is 11.4. The predicted octanol–water partition coefficient (Wildman–Crippen LogP) is 1.68. The lowest BCUT2D eigenvalue weighted by Crippen LogP contribution is -2.09. The third-order valence-electron chi connectivity index (χ3n) is 2.64. The summed E-state index contributed by atoms with van der Waals surface area (Å²) in [4.78, 5) is 14.5. The van der Waals surface area contributed by atoms with E-state index in [0.29, 0.717) is 13.0 Å². The zero-order valence-electron chi connectivity index (χ0n) is 9.76. The fourth-order valence-electron chi connectivity index (χ4n) is 1.76. The molecule has 88 valence electrons. The monoisotopic (exact) mass is 229 g/mol. The second-order valence-electron chi connectivity index (χ2n) is 3.73. The maximum absolute atomic E-state index is 10.2. The number of hydrogen-bond acceptors (Lipinski definition) is 2. The van der Waals surface area contributed by atoms with Gasteiger partial charge in [-0.1, -0.05) is 19.1 Å². The second kappa shape index (κ2) is 5.30. The minimum atomic E-state index is 0.564. The van der Waals surface area contributed by atoms with Crippen LogP contribution in [-0.2, 0) is 17.8 Å². The van der Waals surface area contributed by atoms with Gasteiger partial charge in [0, 0.05) is 31.0 Å². The molecule has 4 nitrogen and oxygen atoms in total. The number of nitrogens with one attached hydrogen (secondary N) is 1. The summed E-state index contributed by atoms with van der Waals surface area (Å²) in [6.45, 7) is 2.65. The number of amides is 1. The van der Waals surface area contributed by atoms with Crippen LogP contribution in [0.1, 0.15) is 18.3 Å². The van der Waals surface area contributed by atoms with Crippen molar-refractivity contribution in [1.82, 2.24) is 14.9 Å². The van der Waals surface area contributed by atoms with Gasteiger partial charge in [0.2, 0.25) is 6.41 Å². The molecule has 1 heterocycles. The Kier molecular flexibility index (Phi) is 3.55. The van der Waals surface area contributed by atoms with E-state index in [9.17, 15) is 4.79 Å². The van der Waals surface area contributed by atoms with Gasteiger partial charge in [-0.25, -0.2) is 4.98 Å². The lowest BCUT2D eigenvalue weighted by Gasteiger charge is -2.07. The number of benzene rings is 1. The second-order valence-corrected chi connectivity index (χ2v) is 3.73. The normalized spacial score (nSPS) is 10.2. The summed E-state index contributed by atoms with van der Waals surface area (Å²) in [7, 11) is 0. The van der Waals surface area contributed by atoms with E-state index in [4.69, 9.17) is 0 Å². The van der Waals surface area contributed by atoms with Gasteiger partial charge in [0.25, 0.3) is 0 Å². The zero-order chi connectivity index (χ0) is 12.1. The van der Waals surface area contributed by atoms with E-state index < -0.39 is 0 Å². The molecule has 1 amide bonds. The van der Waals surface area contributed by atoms with Crippen LogP contribution < -0.4 is 5.32 Å². The third-order valence-corrected chi connectivity index (χ3v) is 2.64. The van der Waals surface area contributed by atoms with Crippen LogP contribution in [0.3, 0.4) is 0 Å². The van der Waals surface area contributed by atoms with Crippen molar-refractivity contribution in [2.24, 2.45) is 0 Å². The Balaban J connectivity index is 2.20. The highest BCUT2D eigenvalue weighted by Gasteiger charge is 2.02. The van der Waals surface area contributed by atoms with Gasteiger partial charge in [-0.2, -0.15) is 0 Å². The van der Waals surface area contributed by atoms with Crippen LogP contribution in [0.5, 0.6) is 0 Å². The number of aromatic nitrogens is 2. The minimum absolute atomic E-state index is 0.564. The van der Waals surface area contributed by atoms with Crippen LogP contribution >= 0.6 is 0 Å². The van der Waals surface area contributed by atoms with Crippen LogP contribution in [-0.4, -0.2) is 16.0 Å². The van der Waals surface area contributed by atoms with Crippen LogP contribution in [0.15, 0.2) is 36.7 Å². The molecule has 0 spiro atoms. The summed E-state index contributed by atoms with van der Waals surface area (Å²) in [6.07, 6.45) is 5.37. The Labute approximate surface area is 100 Å². The minimum Gasteiger partial charge on any atom is -0.355 e. The van der Waals surface area contributed by atoms with Crippen LogP contribution in [0.4, 0.5) is 0 Å². The first-order chi connectivity index (χ1) is 8.35. The molecule has 0 radical (unpaired) electrons. The van der Waals surface area contributed by atoms with Crippen molar-refractivity contribution in [2.45, 2.75) is 19.9 Å². The Bertz CT molecular complexity index is 488. The number of nitrogens with zero attached hydrogens (tertiary/aromatic N) is 2. The molecular weight excluding hydrogens is 214 g/mol. The Morgan fingerprint density at radius 2 is 2.12 bits per heavy atom. The van der Waals surface area contributed by atoms with E-state index in [0.717, 1.165) is 23.5 Å². The standard InChI is InChI=1S/C13H15N3O/c1-2-13-15-7-8-16(13)12-5-3-11(4-6-12)9-14-10-17/h3-8,10H,2,9H2,1H3,(H,14,17). The Morgan fingerprint density at radius 1 is 1.35 bits per heavy atom. The molecule has 0 aliphatic rings. The summed E-state index contributed by atoms with van der Waals surface area (Å²) in [6, 6.07) is 8.07. The molecule has 0 bridgehead atoms. The summed E-state index contributed by atoms with van der Waals surface area (Å²) >= 11 is 0. The van der Waals surface area contributed by atoms with Gasteiger partial charge in [-0.3, -0.25) is 4.79 Å². The maximum Gasteiger partial charge on any atom is 0.207 e. The molecule has 0 unspecified atom stereocenters. The fraction of sp³-hybridized carbons (Fsp3) is 0.231. The number of hydrogen-bond donors (Lipinski definition) is 1. The summed E-state index contributed by atoms with van der Waals surface area (Å²) in [5, 5.41) is 2.64. The smallest absolute Gasteiger partial charge is 0.207 e. The van der Waals surface area contributed by atoms with Crippen molar-refractivity contribution in [1.29, 1.82) is 0 Å². The molecule has 2 rings (SSSR count).